The number of aromatic nitrogens is 9. The Balaban J connectivity index is 0.972. The summed E-state index contributed by atoms with van der Waals surface area (Å²) < 4.78 is 39.9. The average molecular weight is 1460 g/mol. The highest BCUT2D eigenvalue weighted by Crippen LogP contribution is 2.43. The number of nitrogens with zero attached hydrogens (tertiary/aromatic N) is 10. The van der Waals surface area contributed by atoms with Crippen LogP contribution in [0.2, 0.25) is 0 Å². The average Bonchev–Trinajstić information content (AvgIpc) is 1.50. The van der Waals surface area contributed by atoms with Crippen molar-refractivity contribution >= 4 is 115 Å². The number of pyridine rings is 1. The van der Waals surface area contributed by atoms with Gasteiger partial charge in [-0.05, 0) is 59.5 Å². The zero-order valence-corrected chi connectivity index (χ0v) is 58.3. The Morgan fingerprint density at radius 2 is 1.55 bits per heavy atom. The third kappa shape index (κ3) is 13.6. The topological polar surface area (TPSA) is 419 Å². The van der Waals surface area contributed by atoms with Gasteiger partial charge in [0.25, 0.3) is 23.6 Å². The summed E-state index contributed by atoms with van der Waals surface area (Å²) >= 11 is 4.68. The van der Waals surface area contributed by atoms with Gasteiger partial charge in [-0.1, -0.05) is 12.1 Å². The predicted octanol–water partition coefficient (Wildman–Crippen LogP) is 4.83. The fourth-order valence-electron chi connectivity index (χ4n) is 12.3. The van der Waals surface area contributed by atoms with Gasteiger partial charge in [-0.3, -0.25) is 28.7 Å². The van der Waals surface area contributed by atoms with Crippen molar-refractivity contribution in [2.75, 3.05) is 27.8 Å². The molecule has 522 valence electrons. The minimum Gasteiger partial charge on any atom is -0.506 e. The number of carbonyl (C=O) groups is 7. The van der Waals surface area contributed by atoms with Crippen LogP contribution in [0.3, 0.4) is 0 Å². The number of likely N-dealkylation sites (N-methyl/N-ethyl adjacent to an activating group) is 1. The van der Waals surface area contributed by atoms with Crippen molar-refractivity contribution in [3.05, 3.63) is 130 Å². The molecule has 12 bridgehead atoms. The molecule has 100 heavy (non-hydrogen) atoms. The standard InChI is InChI=1S/C63H63N15O17S5/c1-25(79)42-55(85)74-43(26(2)90-8)58-70-37(24-98-58)54(84)75-46-48-49(95-40-13-63(4,88)50(76(5)6)27(3)94-40)62(87)92-17-29-10-9-11-38-41(29)31(18-91-48)47(78(38)89)61(86)93-19-32(66-52(82)35-23-100-60(46)71-35)57-67-33(20-97-57)44-30(56-68-36(22-96-56)53(83)73-42)12-39(80)45(72-44)59-69-34(21-99-59)51(81)64-14-28-15-65-77(7)16-28/h9-12,15-16,20-25,27,32,40,42,46,48-50,79-80,88-89H,13-14,17-19H2,1-8H3,(H,64,81)(H,66,82)(H,73,83)(H,74,85)(H,75,84)/b43-26+/t25-,27+,32+,40+,42+,46+,48+,49+,50-,63+/m1/s1. The number of fused-ring (bicyclic) bond motifs is 15. The summed E-state index contributed by atoms with van der Waals surface area (Å²) in [5.41, 5.74) is -1.52. The van der Waals surface area contributed by atoms with E-state index in [1.54, 1.807) is 74.5 Å². The summed E-state index contributed by atoms with van der Waals surface area (Å²) in [5.74, 6) is -6.75. The van der Waals surface area contributed by atoms with Gasteiger partial charge < -0.3 is 80.4 Å². The Bertz CT molecular complexity index is 4760. The summed E-state index contributed by atoms with van der Waals surface area (Å²) in [4.78, 5) is 133. The maximum absolute atomic E-state index is 15.2. The molecule has 12 heterocycles. The fraction of sp³-hybridized carbons (Fsp3) is 0.365. The molecule has 13 rings (SSSR count). The molecule has 4 aliphatic rings. The molecule has 0 aliphatic carbocycles. The first-order valence-corrected chi connectivity index (χ1v) is 35.2. The number of ether oxygens (including phenoxy) is 6. The number of aryl methyl sites for hydroxylation is 1. The number of benzene rings is 1. The van der Waals surface area contributed by atoms with E-state index in [0.717, 1.165) is 62.2 Å². The largest absolute Gasteiger partial charge is 0.506 e. The number of aliphatic hydroxyl groups excluding tert-OH is 1. The molecule has 0 saturated carbocycles. The maximum atomic E-state index is 15.2. The molecule has 0 spiro atoms. The first kappa shape index (κ1) is 69.0. The molecule has 4 aliphatic heterocycles. The van der Waals surface area contributed by atoms with Crippen LogP contribution in [0, 0.1) is 0 Å². The molecule has 5 amide bonds. The number of aromatic hydroxyl groups is 1. The zero-order valence-electron chi connectivity index (χ0n) is 54.2. The number of esters is 2. The third-order valence-corrected chi connectivity index (χ3v) is 21.4. The van der Waals surface area contributed by atoms with Gasteiger partial charge in [-0.2, -0.15) is 9.83 Å². The second-order valence-electron chi connectivity index (χ2n) is 24.2. The lowest BCUT2D eigenvalue weighted by molar-refractivity contribution is -0.280. The number of amides is 5. The number of carbonyl (C=O) groups excluding carboxylic acids is 7. The molecule has 1 fully saturated rings. The number of allylic oxidation sites excluding steroid dienone is 1. The first-order chi connectivity index (χ1) is 47.8. The summed E-state index contributed by atoms with van der Waals surface area (Å²) in [6, 6.07) is 0.806. The summed E-state index contributed by atoms with van der Waals surface area (Å²) in [6.07, 6.45) is -4.15. The highest BCUT2D eigenvalue weighted by atomic mass is 32.1. The second kappa shape index (κ2) is 27.9. The van der Waals surface area contributed by atoms with Gasteiger partial charge in [0.2, 0.25) is 5.91 Å². The number of cyclic esters (lactones) is 2. The van der Waals surface area contributed by atoms with E-state index in [1.807, 2.05) is 0 Å². The number of methoxy groups -OCH3 is 1. The minimum absolute atomic E-state index is 0.00551. The fourth-order valence-corrected chi connectivity index (χ4v) is 16.5. The molecule has 1 saturated heterocycles. The van der Waals surface area contributed by atoms with Gasteiger partial charge in [0.1, 0.15) is 120 Å². The van der Waals surface area contributed by atoms with Gasteiger partial charge >= 0.3 is 11.9 Å². The highest BCUT2D eigenvalue weighted by Gasteiger charge is 2.50. The summed E-state index contributed by atoms with van der Waals surface area (Å²) in [7, 11) is 6.60. The van der Waals surface area contributed by atoms with Crippen LogP contribution in [0.25, 0.3) is 49.3 Å². The smallest absolute Gasteiger partial charge is 0.358 e. The molecule has 32 nitrogen and oxygen atoms in total. The van der Waals surface area contributed by atoms with E-state index in [0.29, 0.717) is 10.3 Å². The first-order valence-electron chi connectivity index (χ1n) is 30.8. The summed E-state index contributed by atoms with van der Waals surface area (Å²) in [5, 5.41) is 72.8. The van der Waals surface area contributed by atoms with Crippen molar-refractivity contribution in [3.8, 4) is 38.4 Å². The Labute approximate surface area is 586 Å². The summed E-state index contributed by atoms with van der Waals surface area (Å²) in [6.45, 7) is 4.47. The van der Waals surface area contributed by atoms with Gasteiger partial charge in [-0.25, -0.2) is 39.5 Å². The lowest BCUT2D eigenvalue weighted by Crippen LogP contribution is -2.62. The molecule has 10 atom stereocenters. The van der Waals surface area contributed by atoms with E-state index < -0.39 is 133 Å². The van der Waals surface area contributed by atoms with Crippen molar-refractivity contribution in [2.24, 2.45) is 7.05 Å². The van der Waals surface area contributed by atoms with Crippen molar-refractivity contribution in [2.45, 2.75) is 114 Å². The Morgan fingerprint density at radius 3 is 2.28 bits per heavy atom. The quantitative estimate of drug-likeness (QED) is 0.0531. The third-order valence-electron chi connectivity index (χ3n) is 17.0. The van der Waals surface area contributed by atoms with Crippen LogP contribution in [0.15, 0.2) is 69.3 Å². The van der Waals surface area contributed by atoms with Crippen LogP contribution in [-0.2, 0) is 64.8 Å². The van der Waals surface area contributed by atoms with Gasteiger partial charge in [-0.15, -0.1) is 56.7 Å². The number of hydrogen-bond acceptors (Lipinski definition) is 30. The van der Waals surface area contributed by atoms with Gasteiger partial charge in [0.15, 0.2) is 18.1 Å². The Kier molecular flexibility index (Phi) is 19.2. The monoisotopic (exact) mass is 1460 g/mol. The van der Waals surface area contributed by atoms with Crippen LogP contribution in [0.1, 0.15) is 130 Å². The van der Waals surface area contributed by atoms with Crippen LogP contribution in [0.5, 0.6) is 5.75 Å². The van der Waals surface area contributed by atoms with Gasteiger partial charge in [0, 0.05) is 75.2 Å². The number of thiazole rings is 5. The van der Waals surface area contributed by atoms with Crippen molar-refractivity contribution in [1.82, 2.24) is 75.9 Å². The van der Waals surface area contributed by atoms with E-state index in [4.69, 9.17) is 43.4 Å². The molecule has 0 unspecified atom stereocenters. The number of hydrogen-bond donors (Lipinski definition) is 9. The van der Waals surface area contributed by atoms with E-state index in [1.165, 1.54) is 54.6 Å². The molecular formula is C63H63N15O17S5. The van der Waals surface area contributed by atoms with Crippen LogP contribution < -0.4 is 26.6 Å². The van der Waals surface area contributed by atoms with E-state index >= 15 is 19.2 Å². The SMILES string of the molecule is CO/C(C)=C1/NC(=O)[C@H]([C@@H](C)O)NC(=O)c2csc(n2)-c2cc(O)c(-c3nc(C(=O)NCc4cnn(C)c4)cs3)nc2-c2csc(n2)[C@@H]2COC(=O)c3c4c5c(cccc5n3O)COC(=O)[C@@H](O[C@H]3C[C@](C)(O)[C@H](N(C)C)[C@H](C)O3)[C@@H](OC4)[C@H](NC(=O)c3csc1n3)c1nc(cs1)C(=O)N2. The minimum atomic E-state index is -1.91. The number of aliphatic hydroxyl groups is 2. The molecule has 1 aromatic carbocycles. The molecule has 8 aromatic heterocycles. The number of rotatable bonds is 9. The van der Waals surface area contributed by atoms with Crippen molar-refractivity contribution in [3.63, 3.8) is 0 Å². The number of nitrogens with one attached hydrogen (secondary N) is 5. The van der Waals surface area contributed by atoms with Crippen molar-refractivity contribution < 1.29 is 82.5 Å². The Hall–Kier alpha value is -9.54. The van der Waals surface area contributed by atoms with Crippen LogP contribution in [-0.4, -0.2) is 188 Å². The van der Waals surface area contributed by atoms with E-state index in [9.17, 15) is 34.9 Å². The Morgan fingerprint density at radius 1 is 0.860 bits per heavy atom. The molecular weight excluding hydrogens is 1400 g/mol. The highest BCUT2D eigenvalue weighted by molar-refractivity contribution is 7.14. The lowest BCUT2D eigenvalue weighted by atomic mass is 9.85. The maximum Gasteiger partial charge on any atom is 0.358 e. The lowest BCUT2D eigenvalue weighted by Gasteiger charge is -2.48. The van der Waals surface area contributed by atoms with Gasteiger partial charge in [0.05, 0.1) is 49.3 Å². The molecule has 9 aromatic rings. The molecule has 37 heteroatoms. The predicted molar refractivity (Wildman–Crippen MR) is 359 cm³/mol. The second-order valence-corrected chi connectivity index (χ2v) is 28.6. The molecule has 9 N–H and O–H groups in total. The van der Waals surface area contributed by atoms with Crippen molar-refractivity contribution in [1.29, 1.82) is 0 Å². The van der Waals surface area contributed by atoms with E-state index in [2.05, 4.69) is 46.6 Å². The normalized spacial score (nSPS) is 23.9. The zero-order chi connectivity index (χ0) is 70.7. The van der Waals surface area contributed by atoms with E-state index in [-0.39, 0.29) is 111 Å². The molecule has 0 radical (unpaired) electrons. The van der Waals surface area contributed by atoms with Crippen LogP contribution >= 0.6 is 56.7 Å². The van der Waals surface area contributed by atoms with Crippen LogP contribution in [0.4, 0.5) is 0 Å².